The van der Waals surface area contributed by atoms with Crippen molar-refractivity contribution in [1.82, 2.24) is 4.90 Å². The fourth-order valence-electron chi connectivity index (χ4n) is 6.59. The molecule has 0 saturated carbocycles. The summed E-state index contributed by atoms with van der Waals surface area (Å²) < 4.78 is 136. The predicted octanol–water partition coefficient (Wildman–Crippen LogP) is 5.67. The second-order valence-electron chi connectivity index (χ2n) is 10.9. The molecule has 2 fully saturated rings. The molecule has 2 saturated heterocycles. The molecule has 0 aliphatic carbocycles. The van der Waals surface area contributed by atoms with Crippen LogP contribution in [0.3, 0.4) is 0 Å². The Bertz CT molecular complexity index is 1430. The number of likely N-dealkylation sites (tertiary alicyclic amines) is 1. The minimum atomic E-state index is -6.35. The van der Waals surface area contributed by atoms with Gasteiger partial charge >= 0.3 is 18.0 Å². The molecule has 3 aliphatic heterocycles. The van der Waals surface area contributed by atoms with Crippen LogP contribution in [0.25, 0.3) is 0 Å². The Labute approximate surface area is 248 Å². The summed E-state index contributed by atoms with van der Waals surface area (Å²) in [6.45, 7) is 4.40. The van der Waals surface area contributed by atoms with Crippen molar-refractivity contribution in [2.45, 2.75) is 68.8 Å². The maximum atomic E-state index is 15.1. The number of alkyl halides is 7. The van der Waals surface area contributed by atoms with Crippen molar-refractivity contribution in [3.63, 3.8) is 0 Å². The molecule has 0 radical (unpaired) electrons. The second kappa shape index (κ2) is 11.5. The molecule has 6 nitrogen and oxygen atoms in total. The van der Waals surface area contributed by atoms with Gasteiger partial charge in [-0.05, 0) is 57.7 Å². The number of fused-ring (bicyclic) bond motifs is 3. The maximum absolute atomic E-state index is 15.1. The number of rotatable bonds is 6. The predicted molar refractivity (Wildman–Crippen MR) is 149 cm³/mol. The van der Waals surface area contributed by atoms with Crippen molar-refractivity contribution in [2.75, 3.05) is 36.0 Å². The Hall–Kier alpha value is -2.42. The highest BCUT2D eigenvalue weighted by molar-refractivity contribution is 7.96. The van der Waals surface area contributed by atoms with Gasteiger partial charge in [0.05, 0.1) is 10.9 Å². The van der Waals surface area contributed by atoms with E-state index in [4.69, 9.17) is 0 Å². The van der Waals surface area contributed by atoms with E-state index in [1.54, 1.807) is 13.8 Å². The summed E-state index contributed by atoms with van der Waals surface area (Å²) in [7, 11) is -5.48. The summed E-state index contributed by atoms with van der Waals surface area (Å²) in [5.74, 6) is -0.200. The molecule has 2 atom stereocenters. The van der Waals surface area contributed by atoms with E-state index in [0.29, 0.717) is 36.5 Å². The van der Waals surface area contributed by atoms with Gasteiger partial charge in [-0.1, -0.05) is 24.3 Å². The monoisotopic (exact) mass is 658 g/mol. The van der Waals surface area contributed by atoms with Crippen molar-refractivity contribution in [1.29, 1.82) is 0 Å². The van der Waals surface area contributed by atoms with Gasteiger partial charge < -0.3 is 9.80 Å². The molecule has 0 spiro atoms. The van der Waals surface area contributed by atoms with Crippen molar-refractivity contribution in [2.24, 2.45) is 5.92 Å². The number of hydrogen-bond acceptors (Lipinski definition) is 5. The van der Waals surface area contributed by atoms with Gasteiger partial charge in [0.25, 0.3) is 0 Å². The molecule has 1 aromatic rings. The Morgan fingerprint density at radius 2 is 1.67 bits per heavy atom. The van der Waals surface area contributed by atoms with E-state index in [1.165, 1.54) is 35.0 Å². The first-order valence-corrected chi connectivity index (χ1v) is 16.8. The number of hydrogen-bond donors (Lipinski definition) is 0. The molecular weight excluding hydrogens is 625 g/mol. The minimum absolute atomic E-state index is 0.0240. The first kappa shape index (κ1) is 33.5. The molecule has 15 heteroatoms. The van der Waals surface area contributed by atoms with Gasteiger partial charge in [0.15, 0.2) is 9.84 Å². The van der Waals surface area contributed by atoms with E-state index in [1.807, 2.05) is 0 Å². The second-order valence-corrected chi connectivity index (χ2v) is 14.8. The van der Waals surface area contributed by atoms with Crippen LogP contribution in [-0.4, -0.2) is 73.0 Å². The van der Waals surface area contributed by atoms with Gasteiger partial charge in [-0.2, -0.15) is 26.3 Å². The number of allylic oxidation sites excluding steroid dienone is 3. The van der Waals surface area contributed by atoms with Crippen LogP contribution >= 0.6 is 0 Å². The zero-order valence-corrected chi connectivity index (χ0v) is 25.4. The van der Waals surface area contributed by atoms with Crippen molar-refractivity contribution >= 4 is 32.2 Å². The molecule has 43 heavy (non-hydrogen) atoms. The average Bonchev–Trinajstić information content (AvgIpc) is 3.34. The highest BCUT2D eigenvalue weighted by Gasteiger charge is 2.74. The van der Waals surface area contributed by atoms with Crippen LogP contribution in [0.4, 0.5) is 36.4 Å². The average molecular weight is 659 g/mol. The van der Waals surface area contributed by atoms with Crippen molar-refractivity contribution < 1.29 is 48.2 Å². The van der Waals surface area contributed by atoms with E-state index in [0.717, 1.165) is 6.07 Å². The number of likely N-dealkylation sites (N-methyl/N-ethyl adjacent to an activating group) is 1. The molecule has 0 bridgehead atoms. The van der Waals surface area contributed by atoms with Gasteiger partial charge in [-0.15, -0.1) is 0 Å². The van der Waals surface area contributed by atoms with E-state index in [-0.39, 0.29) is 48.1 Å². The Balaban J connectivity index is 1.97. The molecular formula is C28H33F7N2O4S2. The molecule has 240 valence electrons. The zero-order valence-electron chi connectivity index (χ0n) is 23.8. The topological polar surface area (TPSA) is 74.8 Å². The lowest BCUT2D eigenvalue weighted by Gasteiger charge is -2.48. The molecule has 2 unspecified atom stereocenters. The fourth-order valence-corrected chi connectivity index (χ4v) is 10.3. The molecule has 1 aromatic carbocycles. The number of nitrogens with zero attached hydrogens (tertiary/aromatic N) is 2. The minimum Gasteiger partial charge on any atom is -0.369 e. The van der Waals surface area contributed by atoms with Crippen LogP contribution in [-0.2, 0) is 35.8 Å². The highest BCUT2D eigenvalue weighted by atomic mass is 32.2. The molecule has 0 aromatic heterocycles. The lowest BCUT2D eigenvalue weighted by molar-refractivity contribution is -0.348. The lowest BCUT2D eigenvalue weighted by atomic mass is 9.82. The third-order valence-electron chi connectivity index (χ3n) is 8.81. The van der Waals surface area contributed by atoms with E-state index < -0.39 is 60.9 Å². The third kappa shape index (κ3) is 5.11. The highest BCUT2D eigenvalue weighted by Crippen LogP contribution is 2.57. The molecule has 4 rings (SSSR count). The van der Waals surface area contributed by atoms with Gasteiger partial charge in [-0.3, -0.25) is 9.00 Å². The summed E-state index contributed by atoms with van der Waals surface area (Å²) >= 11 is 0. The van der Waals surface area contributed by atoms with Crippen molar-refractivity contribution in [3.05, 3.63) is 52.5 Å². The van der Waals surface area contributed by atoms with Crippen LogP contribution in [0.1, 0.15) is 51.2 Å². The number of carbonyl (C=O) groups excluding carboxylic acids is 1. The Morgan fingerprint density at radius 1 is 1.07 bits per heavy atom. The van der Waals surface area contributed by atoms with Crippen LogP contribution in [0.5, 0.6) is 0 Å². The lowest BCUT2D eigenvalue weighted by Crippen LogP contribution is -2.59. The number of carbonyl (C=O) groups is 1. The van der Waals surface area contributed by atoms with Crippen LogP contribution in [0.2, 0.25) is 0 Å². The normalized spacial score (nSPS) is 27.4. The molecule has 3 heterocycles. The van der Waals surface area contributed by atoms with Gasteiger partial charge in [-0.25, -0.2) is 12.8 Å². The van der Waals surface area contributed by atoms with Gasteiger partial charge in [0.2, 0.25) is 5.91 Å². The summed E-state index contributed by atoms with van der Waals surface area (Å²) in [6, 6.07) is 0.582. The van der Waals surface area contributed by atoms with E-state index >= 15 is 4.39 Å². The van der Waals surface area contributed by atoms with Crippen LogP contribution in [0.15, 0.2) is 41.3 Å². The fraction of sp³-hybridized carbons (Fsp3) is 0.607. The zero-order chi connectivity index (χ0) is 32.2. The quantitative estimate of drug-likeness (QED) is 0.291. The number of anilines is 1. The number of halogens is 7. The summed E-state index contributed by atoms with van der Waals surface area (Å²) in [5, 5.41) is 0. The summed E-state index contributed by atoms with van der Waals surface area (Å²) in [4.78, 5) is 16.5. The van der Waals surface area contributed by atoms with Crippen molar-refractivity contribution in [3.8, 4) is 0 Å². The number of amides is 1. The smallest absolute Gasteiger partial charge is 0.369 e. The van der Waals surface area contributed by atoms with E-state index in [9.17, 15) is 43.8 Å². The van der Waals surface area contributed by atoms with Gasteiger partial charge in [0, 0.05) is 59.1 Å². The molecule has 1 amide bonds. The third-order valence-corrected chi connectivity index (χ3v) is 12.8. The first-order chi connectivity index (χ1) is 19.9. The maximum Gasteiger partial charge on any atom is 0.435 e. The number of benzene rings is 1. The molecule has 3 aliphatic rings. The Kier molecular flexibility index (Phi) is 8.95. The van der Waals surface area contributed by atoms with Gasteiger partial charge in [0.1, 0.15) is 4.75 Å². The molecule has 0 N–H and O–H groups in total. The SMILES string of the molecule is C/C=C\C(=C/C)S(=O)(=O)C12CCN(C(=O)C3CCS(=O)CC3)C1CN(CC)c1cc(C(F)(C(F)(F)F)C(F)(F)F)ccc12. The van der Waals surface area contributed by atoms with Crippen LogP contribution in [0, 0.1) is 5.92 Å². The largest absolute Gasteiger partial charge is 0.435 e. The Morgan fingerprint density at radius 3 is 2.19 bits per heavy atom. The summed E-state index contributed by atoms with van der Waals surface area (Å²) in [5.41, 5.74) is -7.77. The number of sulfone groups is 1. The van der Waals surface area contributed by atoms with E-state index in [2.05, 4.69) is 0 Å². The summed E-state index contributed by atoms with van der Waals surface area (Å²) in [6.07, 6.45) is -8.03. The first-order valence-electron chi connectivity index (χ1n) is 13.8. The van der Waals surface area contributed by atoms with Crippen LogP contribution < -0.4 is 4.90 Å². The standard InChI is InChI=1S/C28H33F7N2O4S2/c1-4-7-20(5-2)43(40,41)25-12-13-37(24(38)18-10-14-42(39)15-11-18)23(25)17-36(6-3)22-16-19(8-9-21(22)25)26(29,27(30,31)32)28(33,34)35/h4-5,7-9,16,18,23H,6,10-15,17H2,1-3H3/b7-4-,20-5+.